The molecule has 27 heavy (non-hydrogen) atoms. The Labute approximate surface area is 160 Å². The van der Waals surface area contributed by atoms with Crippen LogP contribution in [0.1, 0.15) is 24.0 Å². The number of hydrogen-bond acceptors (Lipinski definition) is 3. The predicted octanol–water partition coefficient (Wildman–Crippen LogP) is 3.59. The standard InChI is InChI=1S/C22H27N3O2/c1-16-8-6-9-17(2)21(16)24-20(26)15-25-13-7-10-18(14-25)22(27)23-19-11-4-3-5-12-19/h3-6,8-9,11-12,18H,7,10,13-15H2,1-2H3,(H,23,27)(H,24,26)/t18-/m1/s1. The SMILES string of the molecule is Cc1cccc(C)c1NC(=O)CN1CCC[C@@H](C(=O)Nc2ccccc2)C1. The highest BCUT2D eigenvalue weighted by Crippen LogP contribution is 2.21. The van der Waals surface area contributed by atoms with Gasteiger partial charge in [-0.3, -0.25) is 14.5 Å². The van der Waals surface area contributed by atoms with Crippen LogP contribution in [0.3, 0.4) is 0 Å². The Morgan fingerprint density at radius 3 is 2.41 bits per heavy atom. The highest BCUT2D eigenvalue weighted by molar-refractivity contribution is 5.94. The first-order chi connectivity index (χ1) is 13.0. The Morgan fingerprint density at radius 2 is 1.70 bits per heavy atom. The van der Waals surface area contributed by atoms with Crippen molar-refractivity contribution in [1.29, 1.82) is 0 Å². The normalized spacial score (nSPS) is 17.3. The Bertz CT molecular complexity index is 784. The lowest BCUT2D eigenvalue weighted by Crippen LogP contribution is -2.44. The average molecular weight is 365 g/mol. The molecule has 5 nitrogen and oxygen atoms in total. The van der Waals surface area contributed by atoms with Crippen molar-refractivity contribution in [2.24, 2.45) is 5.92 Å². The maximum absolute atomic E-state index is 12.5. The molecular formula is C22H27N3O2. The Kier molecular flexibility index (Phi) is 6.24. The molecule has 1 aliphatic rings. The van der Waals surface area contributed by atoms with Gasteiger partial charge in [0.2, 0.25) is 11.8 Å². The molecule has 2 N–H and O–H groups in total. The minimum Gasteiger partial charge on any atom is -0.326 e. The molecule has 0 radical (unpaired) electrons. The molecule has 1 fully saturated rings. The summed E-state index contributed by atoms with van der Waals surface area (Å²) in [6.07, 6.45) is 1.78. The van der Waals surface area contributed by atoms with E-state index in [9.17, 15) is 9.59 Å². The van der Waals surface area contributed by atoms with Crippen molar-refractivity contribution >= 4 is 23.2 Å². The average Bonchev–Trinajstić information content (AvgIpc) is 2.66. The van der Waals surface area contributed by atoms with E-state index in [-0.39, 0.29) is 17.7 Å². The third-order valence-corrected chi connectivity index (χ3v) is 5.03. The van der Waals surface area contributed by atoms with Gasteiger partial charge in [0.25, 0.3) is 0 Å². The van der Waals surface area contributed by atoms with Gasteiger partial charge in [-0.15, -0.1) is 0 Å². The van der Waals surface area contributed by atoms with Crippen molar-refractivity contribution in [3.63, 3.8) is 0 Å². The van der Waals surface area contributed by atoms with E-state index in [0.29, 0.717) is 13.1 Å². The van der Waals surface area contributed by atoms with Crippen LogP contribution >= 0.6 is 0 Å². The lowest BCUT2D eigenvalue weighted by atomic mass is 9.97. The minimum atomic E-state index is -0.0908. The fraction of sp³-hybridized carbons (Fsp3) is 0.364. The summed E-state index contributed by atoms with van der Waals surface area (Å²) >= 11 is 0. The second-order valence-electron chi connectivity index (χ2n) is 7.24. The molecule has 0 spiro atoms. The van der Waals surface area contributed by atoms with Gasteiger partial charge in [0, 0.05) is 17.9 Å². The molecule has 0 bridgehead atoms. The molecule has 1 atom stereocenters. The summed E-state index contributed by atoms with van der Waals surface area (Å²) in [7, 11) is 0. The smallest absolute Gasteiger partial charge is 0.238 e. The number of likely N-dealkylation sites (tertiary alicyclic amines) is 1. The molecular weight excluding hydrogens is 338 g/mol. The lowest BCUT2D eigenvalue weighted by Gasteiger charge is -2.31. The van der Waals surface area contributed by atoms with Crippen LogP contribution in [0.4, 0.5) is 11.4 Å². The fourth-order valence-corrected chi connectivity index (χ4v) is 3.57. The van der Waals surface area contributed by atoms with E-state index in [0.717, 1.165) is 41.9 Å². The van der Waals surface area contributed by atoms with Crippen LogP contribution in [0.2, 0.25) is 0 Å². The van der Waals surface area contributed by atoms with Gasteiger partial charge >= 0.3 is 0 Å². The zero-order chi connectivity index (χ0) is 19.2. The topological polar surface area (TPSA) is 61.4 Å². The van der Waals surface area contributed by atoms with E-state index in [1.54, 1.807) is 0 Å². The van der Waals surface area contributed by atoms with Gasteiger partial charge in [0.1, 0.15) is 0 Å². The summed E-state index contributed by atoms with van der Waals surface area (Å²) in [6, 6.07) is 15.5. The molecule has 0 saturated carbocycles. The molecule has 1 aliphatic heterocycles. The van der Waals surface area contributed by atoms with Gasteiger partial charge in [-0.2, -0.15) is 0 Å². The number of hydrogen-bond donors (Lipinski definition) is 2. The van der Waals surface area contributed by atoms with Crippen molar-refractivity contribution in [1.82, 2.24) is 4.90 Å². The van der Waals surface area contributed by atoms with Crippen molar-refractivity contribution in [2.45, 2.75) is 26.7 Å². The number of piperidine rings is 1. The Morgan fingerprint density at radius 1 is 1.00 bits per heavy atom. The molecule has 1 saturated heterocycles. The summed E-state index contributed by atoms with van der Waals surface area (Å²) in [5, 5.41) is 6.00. The van der Waals surface area contributed by atoms with Crippen molar-refractivity contribution in [2.75, 3.05) is 30.3 Å². The third kappa shape index (κ3) is 5.17. The number of nitrogens with one attached hydrogen (secondary N) is 2. The van der Waals surface area contributed by atoms with Crippen LogP contribution in [0.5, 0.6) is 0 Å². The zero-order valence-corrected chi connectivity index (χ0v) is 16.0. The molecule has 0 unspecified atom stereocenters. The van der Waals surface area contributed by atoms with Gasteiger partial charge in [-0.25, -0.2) is 0 Å². The van der Waals surface area contributed by atoms with Crippen LogP contribution in [0, 0.1) is 19.8 Å². The highest BCUT2D eigenvalue weighted by Gasteiger charge is 2.27. The Balaban J connectivity index is 1.55. The number of rotatable bonds is 5. The summed E-state index contributed by atoms with van der Waals surface area (Å²) in [5.41, 5.74) is 3.81. The van der Waals surface area contributed by atoms with E-state index < -0.39 is 0 Å². The first-order valence-corrected chi connectivity index (χ1v) is 9.47. The largest absolute Gasteiger partial charge is 0.326 e. The number of anilines is 2. The lowest BCUT2D eigenvalue weighted by molar-refractivity contribution is -0.123. The number of carbonyl (C=O) groups excluding carboxylic acids is 2. The highest BCUT2D eigenvalue weighted by atomic mass is 16.2. The van der Waals surface area contributed by atoms with Crippen LogP contribution < -0.4 is 10.6 Å². The van der Waals surface area contributed by atoms with Crippen molar-refractivity contribution in [3.8, 4) is 0 Å². The molecule has 2 aromatic rings. The fourth-order valence-electron chi connectivity index (χ4n) is 3.57. The summed E-state index contributed by atoms with van der Waals surface area (Å²) in [6.45, 7) is 5.75. The number of aryl methyl sites for hydroxylation is 2. The molecule has 5 heteroatoms. The van der Waals surface area contributed by atoms with Crippen LogP contribution in [0.15, 0.2) is 48.5 Å². The van der Waals surface area contributed by atoms with Crippen LogP contribution in [0.25, 0.3) is 0 Å². The zero-order valence-electron chi connectivity index (χ0n) is 16.0. The summed E-state index contributed by atoms with van der Waals surface area (Å²) in [4.78, 5) is 27.1. The minimum absolute atomic E-state index is 0.0288. The van der Waals surface area contributed by atoms with Crippen LogP contribution in [-0.4, -0.2) is 36.3 Å². The van der Waals surface area contributed by atoms with Crippen molar-refractivity contribution in [3.05, 3.63) is 59.7 Å². The molecule has 142 valence electrons. The molecule has 0 aromatic heterocycles. The molecule has 1 heterocycles. The quantitative estimate of drug-likeness (QED) is 0.851. The molecule has 2 aromatic carbocycles. The molecule has 3 rings (SSSR count). The van der Waals surface area contributed by atoms with E-state index in [1.165, 1.54) is 0 Å². The first kappa shape index (κ1) is 19.1. The predicted molar refractivity (Wildman–Crippen MR) is 109 cm³/mol. The number of benzene rings is 2. The van der Waals surface area contributed by atoms with E-state index in [2.05, 4.69) is 15.5 Å². The number of para-hydroxylation sites is 2. The maximum Gasteiger partial charge on any atom is 0.238 e. The van der Waals surface area contributed by atoms with Gasteiger partial charge < -0.3 is 10.6 Å². The maximum atomic E-state index is 12.5. The number of amides is 2. The second-order valence-corrected chi connectivity index (χ2v) is 7.24. The molecule has 2 amide bonds. The monoisotopic (exact) mass is 365 g/mol. The van der Waals surface area contributed by atoms with Gasteiger partial charge in [0.15, 0.2) is 0 Å². The van der Waals surface area contributed by atoms with Crippen molar-refractivity contribution < 1.29 is 9.59 Å². The van der Waals surface area contributed by atoms with Gasteiger partial charge in [-0.05, 0) is 56.5 Å². The van der Waals surface area contributed by atoms with Gasteiger partial charge in [0.05, 0.1) is 12.5 Å². The number of carbonyl (C=O) groups is 2. The van der Waals surface area contributed by atoms with E-state index >= 15 is 0 Å². The summed E-state index contributed by atoms with van der Waals surface area (Å²) in [5.74, 6) is -0.0930. The summed E-state index contributed by atoms with van der Waals surface area (Å²) < 4.78 is 0. The number of nitrogens with zero attached hydrogens (tertiary/aromatic N) is 1. The third-order valence-electron chi connectivity index (χ3n) is 5.03. The van der Waals surface area contributed by atoms with Crippen LogP contribution in [-0.2, 0) is 9.59 Å². The van der Waals surface area contributed by atoms with E-state index in [4.69, 9.17) is 0 Å². The van der Waals surface area contributed by atoms with Gasteiger partial charge in [-0.1, -0.05) is 36.4 Å². The van der Waals surface area contributed by atoms with E-state index in [1.807, 2.05) is 62.4 Å². The first-order valence-electron chi connectivity index (χ1n) is 9.47. The molecule has 0 aliphatic carbocycles. The second kappa shape index (κ2) is 8.82. The Hall–Kier alpha value is -2.66.